The second-order valence-corrected chi connectivity index (χ2v) is 3.36. The van der Waals surface area contributed by atoms with E-state index in [9.17, 15) is 0 Å². The van der Waals surface area contributed by atoms with Crippen molar-refractivity contribution in [2.24, 2.45) is 0 Å². The summed E-state index contributed by atoms with van der Waals surface area (Å²) in [6, 6.07) is 0. The topological polar surface area (TPSA) is 46.6 Å². The van der Waals surface area contributed by atoms with E-state index in [1.165, 1.54) is 0 Å². The maximum Gasteiger partial charge on any atom is 0.206 e. The molecule has 5 heteroatoms. The van der Waals surface area contributed by atoms with Crippen molar-refractivity contribution in [2.45, 2.75) is 19.9 Å². The first-order valence-electron chi connectivity index (χ1n) is 4.80. The highest BCUT2D eigenvalue weighted by Crippen LogP contribution is 2.11. The molecule has 1 aromatic rings. The van der Waals surface area contributed by atoms with E-state index in [0.717, 1.165) is 30.9 Å². The van der Waals surface area contributed by atoms with E-state index < -0.39 is 0 Å². The molecule has 0 saturated carbocycles. The fraction of sp³-hybridized carbons (Fsp3) is 0.556. The summed E-state index contributed by atoms with van der Waals surface area (Å²) in [5, 5.41) is 12.2. The van der Waals surface area contributed by atoms with Gasteiger partial charge in [0.05, 0.1) is 12.1 Å². The highest BCUT2D eigenvalue weighted by atomic mass is 15.6. The van der Waals surface area contributed by atoms with Gasteiger partial charge in [-0.05, 0) is 12.1 Å². The number of hydrogen-bond donors (Lipinski definition) is 0. The Balaban J connectivity index is 2.19. The lowest BCUT2D eigenvalue weighted by Gasteiger charge is -2.03. The van der Waals surface area contributed by atoms with Crippen LogP contribution in [-0.4, -0.2) is 44.6 Å². The summed E-state index contributed by atoms with van der Waals surface area (Å²) in [6.45, 7) is 3.64. The number of allylic oxidation sites excluding steroid dienone is 1. The third-order valence-electron chi connectivity index (χ3n) is 2.22. The molecule has 14 heavy (non-hydrogen) atoms. The van der Waals surface area contributed by atoms with Crippen molar-refractivity contribution in [3.05, 3.63) is 11.9 Å². The van der Waals surface area contributed by atoms with Crippen molar-refractivity contribution < 1.29 is 4.58 Å². The summed E-state index contributed by atoms with van der Waals surface area (Å²) in [4.78, 5) is 1.61. The molecular weight excluding hydrogens is 178 g/mol. The molecule has 0 spiro atoms. The summed E-state index contributed by atoms with van der Waals surface area (Å²) < 4.78 is 2.14. The number of aryl methyl sites for hydroxylation is 1. The van der Waals surface area contributed by atoms with Crippen molar-refractivity contribution >= 4 is 11.8 Å². The highest BCUT2D eigenvalue weighted by molar-refractivity contribution is 5.68. The van der Waals surface area contributed by atoms with Crippen LogP contribution in [0.15, 0.2) is 6.08 Å². The van der Waals surface area contributed by atoms with Gasteiger partial charge in [-0.15, -0.1) is 10.2 Å². The summed E-state index contributed by atoms with van der Waals surface area (Å²) in [7, 11) is 2.05. The molecule has 5 nitrogen and oxygen atoms in total. The average Bonchev–Trinajstić information content (AvgIpc) is 2.66. The molecule has 0 saturated heterocycles. The molecule has 0 amide bonds. The molecule has 2 heterocycles. The molecule has 0 radical (unpaired) electrons. The number of nitrogens with zero attached hydrogens (tertiary/aromatic N) is 5. The quantitative estimate of drug-likeness (QED) is 0.628. The zero-order chi connectivity index (χ0) is 9.97. The Morgan fingerprint density at radius 1 is 1.57 bits per heavy atom. The van der Waals surface area contributed by atoms with Gasteiger partial charge in [-0.25, -0.2) is 4.58 Å². The largest absolute Gasteiger partial charge is 0.237 e. The lowest BCUT2D eigenvalue weighted by atomic mass is 10.1. The molecule has 1 aliphatic heterocycles. The minimum absolute atomic E-state index is 0.756. The van der Waals surface area contributed by atoms with Gasteiger partial charge in [-0.1, -0.05) is 6.08 Å². The Hall–Kier alpha value is -1.52. The van der Waals surface area contributed by atoms with Crippen LogP contribution in [0.1, 0.15) is 19.2 Å². The van der Waals surface area contributed by atoms with Gasteiger partial charge in [0, 0.05) is 6.42 Å². The molecule has 74 valence electrons. The van der Waals surface area contributed by atoms with Gasteiger partial charge in [0.25, 0.3) is 0 Å². The Morgan fingerprint density at radius 2 is 2.43 bits per heavy atom. The van der Waals surface area contributed by atoms with Gasteiger partial charge >= 0.3 is 0 Å². The van der Waals surface area contributed by atoms with E-state index in [-0.39, 0.29) is 0 Å². The van der Waals surface area contributed by atoms with Crippen LogP contribution in [0.25, 0.3) is 5.57 Å². The van der Waals surface area contributed by atoms with Gasteiger partial charge in [-0.2, -0.15) is 4.80 Å². The van der Waals surface area contributed by atoms with Crippen molar-refractivity contribution in [2.75, 3.05) is 13.6 Å². The van der Waals surface area contributed by atoms with Crippen LogP contribution in [0.3, 0.4) is 0 Å². The second kappa shape index (κ2) is 3.69. The SMILES string of the molecule is CCn1nnc(C2=CCC=[N+](C)C2)n1. The molecule has 0 fully saturated rings. The van der Waals surface area contributed by atoms with E-state index in [1.807, 2.05) is 6.92 Å². The standard InChI is InChI=1S/C9H14N5/c1-3-14-11-9(10-12-14)8-5-4-6-13(2)7-8/h5-6H,3-4,7H2,1-2H3/q+1. The molecule has 2 rings (SSSR count). The lowest BCUT2D eigenvalue weighted by molar-refractivity contribution is -0.480. The fourth-order valence-electron chi connectivity index (χ4n) is 1.44. The Labute approximate surface area is 82.7 Å². The second-order valence-electron chi connectivity index (χ2n) is 3.36. The van der Waals surface area contributed by atoms with Gasteiger partial charge in [0.1, 0.15) is 13.3 Å². The van der Waals surface area contributed by atoms with Crippen LogP contribution in [0.2, 0.25) is 0 Å². The summed E-state index contributed by atoms with van der Waals surface area (Å²) in [6.07, 6.45) is 5.25. The zero-order valence-corrected chi connectivity index (χ0v) is 8.51. The fourth-order valence-corrected chi connectivity index (χ4v) is 1.44. The molecular formula is C9H14N5+. The average molecular weight is 192 g/mol. The Kier molecular flexibility index (Phi) is 2.39. The molecule has 0 unspecified atom stereocenters. The van der Waals surface area contributed by atoms with Crippen LogP contribution in [-0.2, 0) is 6.54 Å². The van der Waals surface area contributed by atoms with E-state index in [0.29, 0.717) is 0 Å². The minimum atomic E-state index is 0.756. The van der Waals surface area contributed by atoms with Crippen LogP contribution in [0, 0.1) is 0 Å². The summed E-state index contributed by atoms with van der Waals surface area (Å²) in [5.74, 6) is 0.756. The summed E-state index contributed by atoms with van der Waals surface area (Å²) >= 11 is 0. The predicted octanol–water partition coefficient (Wildman–Crippen LogP) is 0.193. The third kappa shape index (κ3) is 1.71. The molecule has 0 atom stereocenters. The summed E-state index contributed by atoms with van der Waals surface area (Å²) in [5.41, 5.74) is 1.16. The van der Waals surface area contributed by atoms with Crippen LogP contribution in [0.4, 0.5) is 0 Å². The highest BCUT2D eigenvalue weighted by Gasteiger charge is 2.15. The van der Waals surface area contributed by atoms with Gasteiger partial charge < -0.3 is 0 Å². The molecule has 0 N–H and O–H groups in total. The van der Waals surface area contributed by atoms with Crippen LogP contribution in [0.5, 0.6) is 0 Å². The number of hydrogen-bond acceptors (Lipinski definition) is 3. The third-order valence-corrected chi connectivity index (χ3v) is 2.22. The maximum absolute atomic E-state index is 4.27. The van der Waals surface area contributed by atoms with Crippen LogP contribution >= 0.6 is 0 Å². The predicted molar refractivity (Wildman–Crippen MR) is 53.2 cm³/mol. The molecule has 0 aromatic carbocycles. The number of aromatic nitrogens is 4. The first-order valence-corrected chi connectivity index (χ1v) is 4.80. The van der Waals surface area contributed by atoms with E-state index in [4.69, 9.17) is 0 Å². The maximum atomic E-state index is 4.27. The first kappa shape index (κ1) is 9.05. The number of tetrazole rings is 1. The van der Waals surface area contributed by atoms with Crippen molar-refractivity contribution in [1.29, 1.82) is 0 Å². The lowest BCUT2D eigenvalue weighted by Crippen LogP contribution is -2.15. The molecule has 0 aliphatic carbocycles. The molecule has 1 aliphatic rings. The Bertz CT molecular complexity index is 388. The van der Waals surface area contributed by atoms with E-state index >= 15 is 0 Å². The minimum Gasteiger partial charge on any atom is -0.237 e. The normalized spacial score (nSPS) is 16.4. The first-order chi connectivity index (χ1) is 6.79. The van der Waals surface area contributed by atoms with Gasteiger partial charge in [0.15, 0.2) is 6.54 Å². The van der Waals surface area contributed by atoms with E-state index in [2.05, 4.69) is 39.3 Å². The van der Waals surface area contributed by atoms with Crippen molar-refractivity contribution in [1.82, 2.24) is 20.2 Å². The van der Waals surface area contributed by atoms with Gasteiger partial charge in [0.2, 0.25) is 5.82 Å². The van der Waals surface area contributed by atoms with Gasteiger partial charge in [-0.3, -0.25) is 0 Å². The van der Waals surface area contributed by atoms with Crippen LogP contribution < -0.4 is 0 Å². The van der Waals surface area contributed by atoms with Crippen molar-refractivity contribution in [3.63, 3.8) is 0 Å². The molecule has 0 bridgehead atoms. The zero-order valence-electron chi connectivity index (χ0n) is 8.51. The number of likely N-dealkylation sites (N-methyl/N-ethyl adjacent to an activating group) is 1. The van der Waals surface area contributed by atoms with Crippen molar-refractivity contribution in [3.8, 4) is 0 Å². The Morgan fingerprint density at radius 3 is 3.07 bits per heavy atom. The molecule has 1 aromatic heterocycles. The monoisotopic (exact) mass is 192 g/mol. The smallest absolute Gasteiger partial charge is 0.206 e. The van der Waals surface area contributed by atoms with E-state index in [1.54, 1.807) is 4.80 Å². The number of rotatable bonds is 2.